The summed E-state index contributed by atoms with van der Waals surface area (Å²) in [7, 11) is 2.01. The summed E-state index contributed by atoms with van der Waals surface area (Å²) >= 11 is 3.23. The number of nitrogens with zero attached hydrogens (tertiary/aromatic N) is 4. The Balaban J connectivity index is 2.00. The van der Waals surface area contributed by atoms with Crippen molar-refractivity contribution in [1.82, 2.24) is 15.0 Å². The van der Waals surface area contributed by atoms with E-state index in [1.54, 1.807) is 22.7 Å². The number of aryl methyl sites for hydroxylation is 1. The molecule has 0 fully saturated rings. The van der Waals surface area contributed by atoms with Gasteiger partial charge in [-0.25, -0.2) is 15.8 Å². The lowest BCUT2D eigenvalue weighted by molar-refractivity contribution is 0.904. The highest BCUT2D eigenvalue weighted by atomic mass is 32.1. The zero-order valence-corrected chi connectivity index (χ0v) is 12.8. The number of rotatable bonds is 4. The lowest BCUT2D eigenvalue weighted by atomic mass is 10.3. The molecule has 0 saturated carbocycles. The van der Waals surface area contributed by atoms with Crippen molar-refractivity contribution in [3.05, 3.63) is 27.5 Å². The molecule has 20 heavy (non-hydrogen) atoms. The monoisotopic (exact) mass is 306 g/mol. The minimum atomic E-state index is 0.433. The molecule has 0 aliphatic rings. The molecule has 6 nitrogen and oxygen atoms in total. The molecule has 3 heterocycles. The first-order valence-corrected chi connectivity index (χ1v) is 7.77. The van der Waals surface area contributed by atoms with Crippen molar-refractivity contribution >= 4 is 44.7 Å². The Bertz CT molecular complexity index is 734. The first-order chi connectivity index (χ1) is 9.69. The maximum Gasteiger partial charge on any atom is 0.240 e. The Hall–Kier alpha value is -1.77. The van der Waals surface area contributed by atoms with Crippen molar-refractivity contribution in [2.45, 2.75) is 13.5 Å². The molecular weight excluding hydrogens is 292 g/mol. The third kappa shape index (κ3) is 2.33. The van der Waals surface area contributed by atoms with Gasteiger partial charge < -0.3 is 4.90 Å². The number of aromatic nitrogens is 3. The van der Waals surface area contributed by atoms with Crippen molar-refractivity contribution in [2.75, 3.05) is 17.4 Å². The van der Waals surface area contributed by atoms with Gasteiger partial charge in [-0.3, -0.25) is 5.43 Å². The Labute approximate surface area is 124 Å². The average Bonchev–Trinajstić information content (AvgIpc) is 3.06. The van der Waals surface area contributed by atoms with Gasteiger partial charge in [-0.1, -0.05) is 0 Å². The molecule has 3 rings (SSSR count). The summed E-state index contributed by atoms with van der Waals surface area (Å²) in [6.07, 6.45) is 0. The largest absolute Gasteiger partial charge is 0.354 e. The van der Waals surface area contributed by atoms with Gasteiger partial charge in [0.25, 0.3) is 0 Å². The second kappa shape index (κ2) is 5.31. The fourth-order valence-electron chi connectivity index (χ4n) is 1.96. The number of nitrogens with one attached hydrogen (secondary N) is 1. The van der Waals surface area contributed by atoms with Crippen LogP contribution in [0, 0.1) is 6.92 Å². The van der Waals surface area contributed by atoms with Crippen LogP contribution in [0.5, 0.6) is 0 Å². The van der Waals surface area contributed by atoms with Crippen molar-refractivity contribution in [1.29, 1.82) is 0 Å². The van der Waals surface area contributed by atoms with Gasteiger partial charge >= 0.3 is 0 Å². The molecule has 0 saturated heterocycles. The molecule has 0 atom stereocenters. The van der Waals surface area contributed by atoms with E-state index >= 15 is 0 Å². The number of nitrogens with two attached hydrogens (primary N) is 1. The van der Waals surface area contributed by atoms with E-state index in [-0.39, 0.29) is 0 Å². The maximum atomic E-state index is 5.44. The van der Waals surface area contributed by atoms with Crippen molar-refractivity contribution < 1.29 is 0 Å². The summed E-state index contributed by atoms with van der Waals surface area (Å²) in [5.74, 6) is 6.75. The quantitative estimate of drug-likeness (QED) is 0.569. The van der Waals surface area contributed by atoms with Crippen molar-refractivity contribution in [3.8, 4) is 0 Å². The summed E-state index contributed by atoms with van der Waals surface area (Å²) < 4.78 is 0. The number of thiophene rings is 1. The van der Waals surface area contributed by atoms with Gasteiger partial charge in [-0.2, -0.15) is 4.98 Å². The summed E-state index contributed by atoms with van der Waals surface area (Å²) in [6.45, 7) is 2.79. The van der Waals surface area contributed by atoms with Gasteiger partial charge in [0.2, 0.25) is 5.95 Å². The molecule has 0 bridgehead atoms. The summed E-state index contributed by atoms with van der Waals surface area (Å²) in [6, 6.07) is 2.03. The van der Waals surface area contributed by atoms with E-state index in [9.17, 15) is 0 Å². The number of anilines is 2. The van der Waals surface area contributed by atoms with Crippen LogP contribution in [0.1, 0.15) is 10.6 Å². The van der Waals surface area contributed by atoms with E-state index < -0.39 is 0 Å². The van der Waals surface area contributed by atoms with Gasteiger partial charge in [0.15, 0.2) is 0 Å². The number of hydrogen-bond donors (Lipinski definition) is 2. The van der Waals surface area contributed by atoms with E-state index in [1.807, 2.05) is 30.9 Å². The van der Waals surface area contributed by atoms with Crippen LogP contribution in [0.25, 0.3) is 10.2 Å². The fourth-order valence-corrected chi connectivity index (χ4v) is 3.55. The minimum Gasteiger partial charge on any atom is -0.354 e. The predicted octanol–water partition coefficient (Wildman–Crippen LogP) is 2.38. The van der Waals surface area contributed by atoms with Crippen LogP contribution in [0.4, 0.5) is 11.8 Å². The fraction of sp³-hybridized carbons (Fsp3) is 0.250. The zero-order chi connectivity index (χ0) is 14.1. The summed E-state index contributed by atoms with van der Waals surface area (Å²) in [5, 5.41) is 3.05. The summed E-state index contributed by atoms with van der Waals surface area (Å²) in [4.78, 5) is 17.4. The zero-order valence-electron chi connectivity index (χ0n) is 11.1. The molecule has 8 heteroatoms. The van der Waals surface area contributed by atoms with Gasteiger partial charge in [-0.15, -0.1) is 22.7 Å². The molecule has 0 aromatic carbocycles. The molecule has 3 aromatic heterocycles. The van der Waals surface area contributed by atoms with Crippen LogP contribution in [-0.4, -0.2) is 22.0 Å². The number of thiazole rings is 1. The van der Waals surface area contributed by atoms with Crippen LogP contribution in [0.3, 0.4) is 0 Å². The maximum absolute atomic E-state index is 5.44. The Morgan fingerprint density at radius 2 is 2.20 bits per heavy atom. The van der Waals surface area contributed by atoms with Gasteiger partial charge in [-0.05, 0) is 18.4 Å². The first kappa shape index (κ1) is 13.2. The lowest BCUT2D eigenvalue weighted by Gasteiger charge is -2.19. The lowest BCUT2D eigenvalue weighted by Crippen LogP contribution is -2.19. The van der Waals surface area contributed by atoms with E-state index in [2.05, 4.69) is 25.3 Å². The molecule has 0 amide bonds. The standard InChI is InChI=1S/C12H14N6S2/c1-7-9(20-6-14-7)5-18(2)10-8-3-4-19-11(8)16-12(15-10)17-13/h3-4,6H,5,13H2,1-2H3,(H,15,16,17). The summed E-state index contributed by atoms with van der Waals surface area (Å²) in [5.41, 5.74) is 5.45. The first-order valence-electron chi connectivity index (χ1n) is 6.01. The van der Waals surface area contributed by atoms with Gasteiger partial charge in [0, 0.05) is 11.9 Å². The normalized spacial score (nSPS) is 10.9. The topological polar surface area (TPSA) is 80.0 Å². The molecule has 0 spiro atoms. The predicted molar refractivity (Wildman–Crippen MR) is 84.2 cm³/mol. The third-order valence-electron chi connectivity index (χ3n) is 3.02. The van der Waals surface area contributed by atoms with Crippen molar-refractivity contribution in [3.63, 3.8) is 0 Å². The highest BCUT2D eigenvalue weighted by molar-refractivity contribution is 7.16. The van der Waals surface area contributed by atoms with Crippen LogP contribution >= 0.6 is 22.7 Å². The number of hydrazine groups is 1. The van der Waals surface area contributed by atoms with Crippen LogP contribution in [-0.2, 0) is 6.54 Å². The minimum absolute atomic E-state index is 0.433. The number of fused-ring (bicyclic) bond motifs is 1. The molecule has 0 aliphatic carbocycles. The van der Waals surface area contributed by atoms with E-state index in [0.717, 1.165) is 28.3 Å². The smallest absolute Gasteiger partial charge is 0.240 e. The van der Waals surface area contributed by atoms with E-state index in [1.165, 1.54) is 4.88 Å². The molecule has 3 aromatic rings. The average molecular weight is 306 g/mol. The Morgan fingerprint density at radius 3 is 2.90 bits per heavy atom. The second-order valence-corrected chi connectivity index (χ2v) is 6.21. The van der Waals surface area contributed by atoms with Crippen LogP contribution in [0.2, 0.25) is 0 Å². The second-order valence-electron chi connectivity index (χ2n) is 4.37. The number of nitrogen functional groups attached to an aromatic ring is 1. The molecule has 104 valence electrons. The van der Waals surface area contributed by atoms with Crippen molar-refractivity contribution in [2.24, 2.45) is 5.84 Å². The Morgan fingerprint density at radius 1 is 1.35 bits per heavy atom. The SMILES string of the molecule is Cc1ncsc1CN(C)c1nc(NN)nc2sccc12. The Kier molecular flexibility index (Phi) is 3.51. The highest BCUT2D eigenvalue weighted by Crippen LogP contribution is 2.29. The molecule has 0 unspecified atom stereocenters. The molecule has 3 N–H and O–H groups in total. The van der Waals surface area contributed by atoms with E-state index in [4.69, 9.17) is 5.84 Å². The van der Waals surface area contributed by atoms with Gasteiger partial charge in [0.1, 0.15) is 10.6 Å². The molecule has 0 radical (unpaired) electrons. The number of hydrogen-bond acceptors (Lipinski definition) is 8. The van der Waals surface area contributed by atoms with Crippen LogP contribution in [0.15, 0.2) is 17.0 Å². The van der Waals surface area contributed by atoms with Gasteiger partial charge in [0.05, 0.1) is 23.1 Å². The highest BCUT2D eigenvalue weighted by Gasteiger charge is 2.14. The molecular formula is C12H14N6S2. The van der Waals surface area contributed by atoms with Crippen LogP contribution < -0.4 is 16.2 Å². The third-order valence-corrected chi connectivity index (χ3v) is 4.75. The molecule has 0 aliphatic heterocycles. The van der Waals surface area contributed by atoms with E-state index in [0.29, 0.717) is 5.95 Å².